The number of anilines is 1. The van der Waals surface area contributed by atoms with Crippen LogP contribution in [0.15, 0.2) is 46.0 Å². The maximum absolute atomic E-state index is 13.3. The summed E-state index contributed by atoms with van der Waals surface area (Å²) in [7, 11) is 1.45. The molecular formula is C22H24N4O5. The number of likely N-dealkylation sites (N-methyl/N-ethyl adjacent to an activating group) is 1. The molecule has 162 valence electrons. The summed E-state index contributed by atoms with van der Waals surface area (Å²) in [6.07, 6.45) is 0. The third kappa shape index (κ3) is 4.11. The Bertz CT molecular complexity index is 1260. The molecule has 2 heterocycles. The van der Waals surface area contributed by atoms with Crippen LogP contribution >= 0.6 is 0 Å². The summed E-state index contributed by atoms with van der Waals surface area (Å²) in [4.78, 5) is 57.4. The van der Waals surface area contributed by atoms with Gasteiger partial charge in [-0.1, -0.05) is 18.2 Å². The van der Waals surface area contributed by atoms with Crippen LogP contribution in [0.5, 0.6) is 0 Å². The number of nitrogens with zero attached hydrogens (tertiary/aromatic N) is 4. The van der Waals surface area contributed by atoms with Gasteiger partial charge in [0.05, 0.1) is 17.6 Å². The molecule has 0 saturated carbocycles. The molecular weight excluding hydrogens is 400 g/mol. The van der Waals surface area contributed by atoms with Crippen LogP contribution in [0.25, 0.3) is 11.0 Å². The number of hydrogen-bond donors (Lipinski definition) is 0. The van der Waals surface area contributed by atoms with Crippen LogP contribution in [-0.2, 0) is 23.1 Å². The molecule has 0 aliphatic heterocycles. The van der Waals surface area contributed by atoms with Crippen LogP contribution in [0, 0.1) is 6.92 Å². The fraction of sp³-hybridized carbons (Fsp3) is 0.318. The number of benzene rings is 1. The van der Waals surface area contributed by atoms with Crippen molar-refractivity contribution >= 4 is 28.6 Å². The Morgan fingerprint density at radius 1 is 1.13 bits per heavy atom. The van der Waals surface area contributed by atoms with Gasteiger partial charge in [0.1, 0.15) is 12.2 Å². The minimum Gasteiger partial charge on any atom is -0.462 e. The monoisotopic (exact) mass is 424 g/mol. The maximum atomic E-state index is 13.3. The smallest absolute Gasteiger partial charge is 0.339 e. The molecule has 0 bridgehead atoms. The number of hydrogen-bond acceptors (Lipinski definition) is 6. The fourth-order valence-corrected chi connectivity index (χ4v) is 3.44. The summed E-state index contributed by atoms with van der Waals surface area (Å²) in [6.45, 7) is 5.13. The van der Waals surface area contributed by atoms with E-state index >= 15 is 0 Å². The van der Waals surface area contributed by atoms with E-state index in [9.17, 15) is 19.2 Å². The van der Waals surface area contributed by atoms with E-state index in [1.165, 1.54) is 22.6 Å². The van der Waals surface area contributed by atoms with E-state index in [0.717, 1.165) is 4.57 Å². The summed E-state index contributed by atoms with van der Waals surface area (Å²) in [5.74, 6) is -1.11. The van der Waals surface area contributed by atoms with E-state index in [1.807, 2.05) is 6.07 Å². The van der Waals surface area contributed by atoms with Gasteiger partial charge in [0.2, 0.25) is 5.91 Å². The predicted octanol–water partition coefficient (Wildman–Crippen LogP) is 1.63. The SMILES string of the molecule is CCOC(=O)c1cc(C)nc2c1c(=O)n(CC(=O)N(CC)c1ccccc1)c(=O)n2C. The Kier molecular flexibility index (Phi) is 6.33. The fourth-order valence-electron chi connectivity index (χ4n) is 3.44. The lowest BCUT2D eigenvalue weighted by Crippen LogP contribution is -2.45. The molecule has 31 heavy (non-hydrogen) atoms. The molecule has 0 fully saturated rings. The lowest BCUT2D eigenvalue weighted by molar-refractivity contribution is -0.119. The summed E-state index contributed by atoms with van der Waals surface area (Å²) < 4.78 is 7.07. The molecule has 0 radical (unpaired) electrons. The van der Waals surface area contributed by atoms with Crippen molar-refractivity contribution in [2.24, 2.45) is 7.05 Å². The number of carbonyl (C=O) groups excluding carboxylic acids is 2. The van der Waals surface area contributed by atoms with Crippen molar-refractivity contribution in [2.75, 3.05) is 18.1 Å². The molecule has 0 unspecified atom stereocenters. The lowest BCUT2D eigenvalue weighted by atomic mass is 10.1. The lowest BCUT2D eigenvalue weighted by Gasteiger charge is -2.21. The number of amides is 1. The second-order valence-electron chi connectivity index (χ2n) is 6.94. The van der Waals surface area contributed by atoms with Gasteiger partial charge in [-0.15, -0.1) is 0 Å². The Morgan fingerprint density at radius 2 is 1.81 bits per heavy atom. The van der Waals surface area contributed by atoms with Gasteiger partial charge in [-0.05, 0) is 39.0 Å². The van der Waals surface area contributed by atoms with Gasteiger partial charge in [-0.3, -0.25) is 18.7 Å². The van der Waals surface area contributed by atoms with E-state index < -0.39 is 29.7 Å². The number of pyridine rings is 1. The molecule has 0 atom stereocenters. The zero-order valence-electron chi connectivity index (χ0n) is 17.9. The van der Waals surface area contributed by atoms with Crippen molar-refractivity contribution in [1.29, 1.82) is 0 Å². The van der Waals surface area contributed by atoms with E-state index in [0.29, 0.717) is 17.9 Å². The van der Waals surface area contributed by atoms with Crippen molar-refractivity contribution < 1.29 is 14.3 Å². The summed E-state index contributed by atoms with van der Waals surface area (Å²) in [5, 5.41) is -0.0540. The van der Waals surface area contributed by atoms with E-state index in [2.05, 4.69) is 4.98 Å². The summed E-state index contributed by atoms with van der Waals surface area (Å²) in [5.41, 5.74) is -0.252. The van der Waals surface area contributed by atoms with Crippen LogP contribution < -0.4 is 16.1 Å². The summed E-state index contributed by atoms with van der Waals surface area (Å²) in [6, 6.07) is 10.4. The second kappa shape index (κ2) is 8.95. The molecule has 0 spiro atoms. The van der Waals surface area contributed by atoms with Crippen molar-refractivity contribution in [3.8, 4) is 0 Å². The highest BCUT2D eigenvalue weighted by molar-refractivity contribution is 6.02. The van der Waals surface area contributed by atoms with Gasteiger partial charge in [-0.25, -0.2) is 14.6 Å². The van der Waals surface area contributed by atoms with Crippen LogP contribution in [0.4, 0.5) is 5.69 Å². The third-order valence-corrected chi connectivity index (χ3v) is 4.90. The predicted molar refractivity (Wildman–Crippen MR) is 116 cm³/mol. The van der Waals surface area contributed by atoms with Crippen LogP contribution in [-0.4, -0.2) is 39.1 Å². The zero-order chi connectivity index (χ0) is 22.7. The first-order valence-electron chi connectivity index (χ1n) is 9.93. The second-order valence-corrected chi connectivity index (χ2v) is 6.94. The van der Waals surface area contributed by atoms with E-state index in [-0.39, 0.29) is 23.2 Å². The van der Waals surface area contributed by atoms with Gasteiger partial charge < -0.3 is 9.64 Å². The average molecular weight is 424 g/mol. The van der Waals surface area contributed by atoms with Crippen molar-refractivity contribution in [1.82, 2.24) is 14.1 Å². The molecule has 1 aromatic carbocycles. The topological polar surface area (TPSA) is 104 Å². The number of esters is 1. The molecule has 0 aliphatic carbocycles. The summed E-state index contributed by atoms with van der Waals surface area (Å²) >= 11 is 0. The number of rotatable bonds is 6. The molecule has 3 rings (SSSR count). The van der Waals surface area contributed by atoms with E-state index in [4.69, 9.17) is 4.74 Å². The first-order valence-corrected chi connectivity index (χ1v) is 9.93. The third-order valence-electron chi connectivity index (χ3n) is 4.90. The van der Waals surface area contributed by atoms with Crippen LogP contribution in [0.1, 0.15) is 29.9 Å². The molecule has 0 N–H and O–H groups in total. The quantitative estimate of drug-likeness (QED) is 0.557. The highest BCUT2D eigenvalue weighted by atomic mass is 16.5. The number of ether oxygens (including phenoxy) is 1. The Morgan fingerprint density at radius 3 is 2.42 bits per heavy atom. The molecule has 3 aromatic rings. The molecule has 0 aliphatic rings. The first kappa shape index (κ1) is 21.9. The number of para-hydroxylation sites is 1. The standard InChI is InChI=1S/C22H24N4O5/c1-5-25(15-10-8-7-9-11-15)17(27)13-26-20(28)18-16(21(29)31-6-2)12-14(3)23-19(18)24(4)22(26)30/h7-12H,5-6,13H2,1-4H3. The van der Waals surface area contributed by atoms with Gasteiger partial charge in [0, 0.05) is 25.0 Å². The Labute approximate surface area is 178 Å². The van der Waals surface area contributed by atoms with Crippen LogP contribution in [0.3, 0.4) is 0 Å². The van der Waals surface area contributed by atoms with Gasteiger partial charge in [0.25, 0.3) is 5.56 Å². The number of fused-ring (bicyclic) bond motifs is 1. The largest absolute Gasteiger partial charge is 0.462 e. The molecule has 9 nitrogen and oxygen atoms in total. The molecule has 0 saturated heterocycles. The number of carbonyl (C=O) groups is 2. The van der Waals surface area contributed by atoms with Crippen molar-refractivity contribution in [2.45, 2.75) is 27.3 Å². The normalized spacial score (nSPS) is 10.8. The van der Waals surface area contributed by atoms with E-state index in [1.54, 1.807) is 45.0 Å². The zero-order valence-corrected chi connectivity index (χ0v) is 17.9. The molecule has 9 heteroatoms. The van der Waals surface area contributed by atoms with Gasteiger partial charge in [-0.2, -0.15) is 0 Å². The number of aromatic nitrogens is 3. The Hall–Kier alpha value is -3.75. The minimum absolute atomic E-state index is 0.0153. The van der Waals surface area contributed by atoms with Crippen molar-refractivity contribution in [3.05, 3.63) is 68.5 Å². The minimum atomic E-state index is -0.758. The first-order chi connectivity index (χ1) is 14.8. The highest BCUT2D eigenvalue weighted by Gasteiger charge is 2.23. The Balaban J connectivity index is 2.17. The van der Waals surface area contributed by atoms with Crippen molar-refractivity contribution in [3.63, 3.8) is 0 Å². The van der Waals surface area contributed by atoms with Gasteiger partial charge >= 0.3 is 11.7 Å². The molecule has 2 aromatic heterocycles. The van der Waals surface area contributed by atoms with Gasteiger partial charge in [0.15, 0.2) is 0 Å². The van der Waals surface area contributed by atoms with Crippen LogP contribution in [0.2, 0.25) is 0 Å². The highest BCUT2D eigenvalue weighted by Crippen LogP contribution is 2.16. The number of aryl methyl sites for hydroxylation is 2. The molecule has 1 amide bonds. The maximum Gasteiger partial charge on any atom is 0.339 e. The average Bonchev–Trinajstić information content (AvgIpc) is 2.76.